The summed E-state index contributed by atoms with van der Waals surface area (Å²) in [6.45, 7) is 2.48. The molecule has 178 valence electrons. The Kier molecular flexibility index (Phi) is 12.9. The summed E-state index contributed by atoms with van der Waals surface area (Å²) in [6, 6.07) is 9.13. The lowest BCUT2D eigenvalue weighted by molar-refractivity contribution is -0.171. The van der Waals surface area contributed by atoms with E-state index < -0.39 is 36.5 Å². The Hall–Kier alpha value is -3.34. The molecule has 0 aliphatic heterocycles. The van der Waals surface area contributed by atoms with Crippen molar-refractivity contribution >= 4 is 24.2 Å². The van der Waals surface area contributed by atoms with E-state index in [1.165, 1.54) is 13.8 Å². The maximum absolute atomic E-state index is 11.6. The summed E-state index contributed by atoms with van der Waals surface area (Å²) in [5.41, 5.74) is 0.833. The molecule has 1 N–H and O–H groups in total. The molecule has 0 bridgehead atoms. The van der Waals surface area contributed by atoms with Crippen LogP contribution in [0.25, 0.3) is 0 Å². The van der Waals surface area contributed by atoms with Gasteiger partial charge in [0.15, 0.2) is 6.10 Å². The Morgan fingerprint density at radius 1 is 0.750 bits per heavy atom. The number of rotatable bonds is 13. The third-order valence-electron chi connectivity index (χ3n) is 3.65. The van der Waals surface area contributed by atoms with E-state index in [1.54, 1.807) is 0 Å². The topological polar surface area (TPSA) is 144 Å². The van der Waals surface area contributed by atoms with Crippen LogP contribution in [-0.2, 0) is 44.6 Å². The van der Waals surface area contributed by atoms with Crippen molar-refractivity contribution in [3.63, 3.8) is 0 Å². The second kappa shape index (κ2) is 15.5. The lowest BCUT2D eigenvalue weighted by Crippen LogP contribution is -2.31. The summed E-state index contributed by atoms with van der Waals surface area (Å²) in [5, 5.41) is 9.01. The Bertz CT molecular complexity index is 718. The number of hydrogen-bond donors (Lipinski definition) is 1. The molecule has 11 heteroatoms. The van der Waals surface area contributed by atoms with Crippen molar-refractivity contribution in [2.45, 2.75) is 45.5 Å². The second-order valence-corrected chi connectivity index (χ2v) is 6.45. The van der Waals surface area contributed by atoms with Gasteiger partial charge < -0.3 is 33.5 Å². The van der Waals surface area contributed by atoms with E-state index in [2.05, 4.69) is 4.74 Å². The van der Waals surface area contributed by atoms with E-state index >= 15 is 0 Å². The Balaban J connectivity index is 1.98. The Labute approximate surface area is 185 Å². The highest BCUT2D eigenvalue weighted by Gasteiger charge is 2.21. The zero-order valence-electron chi connectivity index (χ0n) is 18.0. The van der Waals surface area contributed by atoms with Crippen LogP contribution < -0.4 is 0 Å². The van der Waals surface area contributed by atoms with Crippen LogP contribution in [0.5, 0.6) is 0 Å². The van der Waals surface area contributed by atoms with Crippen LogP contribution in [0, 0.1) is 0 Å². The molecule has 32 heavy (non-hydrogen) atoms. The lowest BCUT2D eigenvalue weighted by Gasteiger charge is -2.13. The minimum Gasteiger partial charge on any atom is -0.463 e. The fraction of sp³-hybridized carbons (Fsp3) is 0.524. The molecular formula is C21H28O11. The molecule has 0 aliphatic carbocycles. The number of carbonyl (C=O) groups is 4. The van der Waals surface area contributed by atoms with Gasteiger partial charge in [0, 0.05) is 12.8 Å². The molecule has 1 rings (SSSR count). The number of aliphatic hydroxyl groups excluding tert-OH is 1. The molecule has 0 heterocycles. The van der Waals surface area contributed by atoms with E-state index in [9.17, 15) is 19.2 Å². The average molecular weight is 456 g/mol. The number of aliphatic hydroxyl groups is 1. The average Bonchev–Trinajstić information content (AvgIpc) is 2.77. The van der Waals surface area contributed by atoms with E-state index in [0.717, 1.165) is 5.56 Å². The van der Waals surface area contributed by atoms with Gasteiger partial charge in [-0.05, 0) is 19.4 Å². The number of hydrogen-bond acceptors (Lipinski definition) is 11. The van der Waals surface area contributed by atoms with Crippen LogP contribution in [0.3, 0.4) is 0 Å². The minimum atomic E-state index is -1.34. The van der Waals surface area contributed by atoms with Crippen molar-refractivity contribution in [3.8, 4) is 0 Å². The van der Waals surface area contributed by atoms with Crippen molar-refractivity contribution < 1.29 is 52.7 Å². The van der Waals surface area contributed by atoms with E-state index in [1.807, 2.05) is 30.3 Å². The van der Waals surface area contributed by atoms with Crippen molar-refractivity contribution in [2.75, 3.05) is 26.4 Å². The van der Waals surface area contributed by atoms with Gasteiger partial charge in [0.2, 0.25) is 0 Å². The standard InChI is InChI=1S/C21H28O11/c1-15(22)18(23)32-16(2)19(24)27-10-6-11-28-20(25)29-12-7-13-30-21(26)31-14-17-8-4-3-5-9-17/h3-5,8-9,15-16,22H,6-7,10-14H2,1-2H3/t15-,16-/m0/s1. The third kappa shape index (κ3) is 12.4. The molecule has 0 unspecified atom stereocenters. The lowest BCUT2D eigenvalue weighted by atomic mass is 10.2. The van der Waals surface area contributed by atoms with Gasteiger partial charge >= 0.3 is 24.2 Å². The fourth-order valence-electron chi connectivity index (χ4n) is 2.00. The first-order valence-electron chi connectivity index (χ1n) is 9.97. The summed E-state index contributed by atoms with van der Waals surface area (Å²) in [7, 11) is 0. The van der Waals surface area contributed by atoms with E-state index in [4.69, 9.17) is 28.8 Å². The summed E-state index contributed by atoms with van der Waals surface area (Å²) in [6.07, 6.45) is -3.78. The molecule has 0 radical (unpaired) electrons. The first-order valence-corrected chi connectivity index (χ1v) is 9.97. The van der Waals surface area contributed by atoms with Crippen molar-refractivity contribution in [1.29, 1.82) is 0 Å². The van der Waals surface area contributed by atoms with Crippen LogP contribution in [-0.4, -0.2) is 68.0 Å². The van der Waals surface area contributed by atoms with Crippen LogP contribution >= 0.6 is 0 Å². The number of benzene rings is 1. The maximum Gasteiger partial charge on any atom is 0.508 e. The van der Waals surface area contributed by atoms with Gasteiger partial charge in [-0.3, -0.25) is 0 Å². The summed E-state index contributed by atoms with van der Waals surface area (Å²) in [5.74, 6) is -1.72. The van der Waals surface area contributed by atoms with Gasteiger partial charge in [0.25, 0.3) is 0 Å². The highest BCUT2D eigenvalue weighted by atomic mass is 16.7. The third-order valence-corrected chi connectivity index (χ3v) is 3.65. The van der Waals surface area contributed by atoms with Crippen LogP contribution in [0.15, 0.2) is 30.3 Å². The van der Waals surface area contributed by atoms with Crippen molar-refractivity contribution in [3.05, 3.63) is 35.9 Å². The molecular weight excluding hydrogens is 428 g/mol. The number of carbonyl (C=O) groups excluding carboxylic acids is 4. The van der Waals surface area contributed by atoms with Crippen LogP contribution in [0.4, 0.5) is 9.59 Å². The molecule has 1 aromatic rings. The predicted octanol–water partition coefficient (Wildman–Crippen LogP) is 2.13. The molecule has 0 fully saturated rings. The van der Waals surface area contributed by atoms with Crippen molar-refractivity contribution in [2.24, 2.45) is 0 Å². The van der Waals surface area contributed by atoms with Gasteiger partial charge in [-0.1, -0.05) is 30.3 Å². The molecule has 0 spiro atoms. The largest absolute Gasteiger partial charge is 0.508 e. The quantitative estimate of drug-likeness (QED) is 0.265. The fourth-order valence-corrected chi connectivity index (χ4v) is 2.00. The highest BCUT2D eigenvalue weighted by molar-refractivity contribution is 5.80. The predicted molar refractivity (Wildman–Crippen MR) is 107 cm³/mol. The molecule has 0 saturated heterocycles. The Morgan fingerprint density at radius 3 is 1.78 bits per heavy atom. The van der Waals surface area contributed by atoms with Crippen molar-refractivity contribution in [1.82, 2.24) is 0 Å². The van der Waals surface area contributed by atoms with Gasteiger partial charge in [-0.15, -0.1) is 0 Å². The second-order valence-electron chi connectivity index (χ2n) is 6.45. The number of esters is 2. The zero-order chi connectivity index (χ0) is 23.8. The molecule has 11 nitrogen and oxygen atoms in total. The molecule has 0 aromatic heterocycles. The van der Waals surface area contributed by atoms with Crippen LogP contribution in [0.1, 0.15) is 32.3 Å². The monoisotopic (exact) mass is 456 g/mol. The summed E-state index contributed by atoms with van der Waals surface area (Å²) >= 11 is 0. The zero-order valence-corrected chi connectivity index (χ0v) is 18.0. The summed E-state index contributed by atoms with van der Waals surface area (Å²) in [4.78, 5) is 45.6. The van der Waals surface area contributed by atoms with E-state index in [-0.39, 0.29) is 45.9 Å². The minimum absolute atomic E-state index is 0.00860. The molecule has 0 aliphatic rings. The van der Waals surface area contributed by atoms with Gasteiger partial charge in [0.05, 0.1) is 26.4 Å². The Morgan fingerprint density at radius 2 is 1.25 bits per heavy atom. The molecule has 2 atom stereocenters. The van der Waals surface area contributed by atoms with Gasteiger partial charge in [0.1, 0.15) is 12.7 Å². The highest BCUT2D eigenvalue weighted by Crippen LogP contribution is 2.02. The first-order chi connectivity index (χ1) is 15.3. The van der Waals surface area contributed by atoms with Gasteiger partial charge in [-0.25, -0.2) is 19.2 Å². The van der Waals surface area contributed by atoms with Gasteiger partial charge in [-0.2, -0.15) is 0 Å². The maximum atomic E-state index is 11.6. The first kappa shape index (κ1) is 26.7. The SMILES string of the molecule is C[C@H](O)C(=O)O[C@@H](C)C(=O)OCCCOC(=O)OCCCOC(=O)OCc1ccccc1. The smallest absolute Gasteiger partial charge is 0.463 e. The molecule has 1 aromatic carbocycles. The summed E-state index contributed by atoms with van der Waals surface area (Å²) < 4.78 is 28.9. The molecule has 0 saturated carbocycles. The number of ether oxygens (including phenoxy) is 6. The van der Waals surface area contributed by atoms with E-state index in [0.29, 0.717) is 0 Å². The molecule has 0 amide bonds. The normalized spacial score (nSPS) is 12.1. The van der Waals surface area contributed by atoms with Crippen LogP contribution in [0.2, 0.25) is 0 Å².